The van der Waals surface area contributed by atoms with Gasteiger partial charge in [0.15, 0.2) is 5.78 Å². The van der Waals surface area contributed by atoms with E-state index in [2.05, 4.69) is 17.6 Å². The van der Waals surface area contributed by atoms with E-state index >= 15 is 0 Å². The summed E-state index contributed by atoms with van der Waals surface area (Å²) in [6, 6.07) is 13.8. The van der Waals surface area contributed by atoms with Gasteiger partial charge in [0.25, 0.3) is 0 Å². The number of carbonyl (C=O) groups is 3. The van der Waals surface area contributed by atoms with Gasteiger partial charge in [0, 0.05) is 41.9 Å². The molecule has 0 fully saturated rings. The van der Waals surface area contributed by atoms with E-state index in [0.717, 1.165) is 12.8 Å². The highest BCUT2D eigenvalue weighted by Crippen LogP contribution is 2.21. The molecule has 0 heterocycles. The number of hydrogen-bond acceptors (Lipinski definition) is 4. The van der Waals surface area contributed by atoms with E-state index < -0.39 is 0 Å². The molecule has 4 N–H and O–H groups in total. The maximum absolute atomic E-state index is 12.7. The molecule has 0 aliphatic rings. The Bertz CT molecular complexity index is 975. The second-order valence-electron chi connectivity index (χ2n) is 10.1. The fourth-order valence-corrected chi connectivity index (χ4v) is 4.51. The van der Waals surface area contributed by atoms with Gasteiger partial charge >= 0.3 is 0 Å². The lowest BCUT2D eigenvalue weighted by molar-refractivity contribution is -0.121. The number of ketones is 1. The molecule has 0 aromatic heterocycles. The molecule has 0 saturated carbocycles. The van der Waals surface area contributed by atoms with E-state index in [1.54, 1.807) is 42.5 Å². The molecule has 0 atom stereocenters. The van der Waals surface area contributed by atoms with Crippen LogP contribution in [0.2, 0.25) is 0 Å². The zero-order chi connectivity index (χ0) is 27.4. The maximum Gasteiger partial charge on any atom is 0.226 e. The van der Waals surface area contributed by atoms with Crippen LogP contribution in [0.5, 0.6) is 0 Å². The van der Waals surface area contributed by atoms with Crippen molar-refractivity contribution in [1.29, 1.82) is 0 Å². The predicted octanol–water partition coefficient (Wildman–Crippen LogP) is 7.43. The Morgan fingerprint density at radius 3 is 1.87 bits per heavy atom. The van der Waals surface area contributed by atoms with Crippen LogP contribution in [0.25, 0.3) is 0 Å². The zero-order valence-electron chi connectivity index (χ0n) is 23.2. The quantitative estimate of drug-likeness (QED) is 0.0958. The molecule has 2 rings (SSSR count). The first-order chi connectivity index (χ1) is 18.5. The Morgan fingerprint density at radius 1 is 0.684 bits per heavy atom. The van der Waals surface area contributed by atoms with Crippen LogP contribution in [0.3, 0.4) is 0 Å². The summed E-state index contributed by atoms with van der Waals surface area (Å²) in [7, 11) is 0. The van der Waals surface area contributed by atoms with Gasteiger partial charge in [0.05, 0.1) is 0 Å². The zero-order valence-corrected chi connectivity index (χ0v) is 23.2. The molecule has 0 saturated heterocycles. The Hall–Kier alpha value is -3.15. The Kier molecular flexibility index (Phi) is 15.5. The number of anilines is 2. The van der Waals surface area contributed by atoms with Crippen molar-refractivity contribution >= 4 is 29.0 Å². The number of nitrogen functional groups attached to an aromatic ring is 1. The fourth-order valence-electron chi connectivity index (χ4n) is 4.51. The summed E-state index contributed by atoms with van der Waals surface area (Å²) in [5.74, 6) is -0.433. The number of amides is 2. The molecule has 2 aromatic rings. The molecule has 38 heavy (non-hydrogen) atoms. The molecule has 2 aromatic carbocycles. The van der Waals surface area contributed by atoms with Gasteiger partial charge in [-0.1, -0.05) is 114 Å². The lowest BCUT2D eigenvalue weighted by atomic mass is 10.0. The van der Waals surface area contributed by atoms with Gasteiger partial charge in [0.1, 0.15) is 0 Å². The van der Waals surface area contributed by atoms with Gasteiger partial charge in [0.2, 0.25) is 11.8 Å². The van der Waals surface area contributed by atoms with Gasteiger partial charge < -0.3 is 16.4 Å². The summed E-state index contributed by atoms with van der Waals surface area (Å²) in [5.41, 5.74) is 7.74. The van der Waals surface area contributed by atoms with E-state index in [1.165, 1.54) is 70.6 Å². The van der Waals surface area contributed by atoms with Crippen molar-refractivity contribution in [2.45, 2.75) is 103 Å². The van der Waals surface area contributed by atoms with Crippen molar-refractivity contribution in [2.24, 2.45) is 0 Å². The molecule has 2 amide bonds. The third-order valence-electron chi connectivity index (χ3n) is 6.80. The number of unbranched alkanes of at least 4 members (excludes halogenated alkanes) is 12. The number of nitrogens with one attached hydrogen (secondary N) is 2. The summed E-state index contributed by atoms with van der Waals surface area (Å²) in [5, 5.41) is 5.62. The molecule has 0 radical (unpaired) electrons. The van der Waals surface area contributed by atoms with Crippen LogP contribution in [0.1, 0.15) is 119 Å². The molecular formula is C32H47N3O3. The molecule has 6 nitrogen and oxygen atoms in total. The number of hydrogen-bond donors (Lipinski definition) is 3. The minimum Gasteiger partial charge on any atom is -0.398 e. The van der Waals surface area contributed by atoms with Crippen LogP contribution >= 0.6 is 0 Å². The van der Waals surface area contributed by atoms with Crippen LogP contribution < -0.4 is 16.4 Å². The number of nitrogens with two attached hydrogens (primary N) is 1. The second-order valence-corrected chi connectivity index (χ2v) is 10.1. The third-order valence-corrected chi connectivity index (χ3v) is 6.80. The standard InChI is InChI=1S/C32H47N3O3/c1-2-3-4-5-6-7-8-9-10-11-12-13-17-20-30(36)34-24-23-31(37)35-27-21-22-29(33)28(25-27)32(38)26-18-15-14-16-19-26/h14-16,18-19,21-22,25H,2-13,17,20,23-24,33H2,1H3,(H,34,36)(H,35,37). The van der Waals surface area contributed by atoms with Gasteiger partial charge in [-0.05, 0) is 24.6 Å². The smallest absolute Gasteiger partial charge is 0.226 e. The third kappa shape index (κ3) is 12.9. The van der Waals surface area contributed by atoms with Crippen LogP contribution in [0.15, 0.2) is 48.5 Å². The largest absolute Gasteiger partial charge is 0.398 e. The highest BCUT2D eigenvalue weighted by atomic mass is 16.2. The van der Waals surface area contributed by atoms with Crippen molar-refractivity contribution in [3.8, 4) is 0 Å². The fraction of sp³-hybridized carbons (Fsp3) is 0.531. The molecule has 0 aliphatic heterocycles. The van der Waals surface area contributed by atoms with Crippen molar-refractivity contribution in [1.82, 2.24) is 5.32 Å². The summed E-state index contributed by atoms with van der Waals surface area (Å²) in [6.45, 7) is 2.54. The lowest BCUT2D eigenvalue weighted by Gasteiger charge is -2.10. The molecule has 6 heteroatoms. The molecule has 0 aliphatic carbocycles. The Balaban J connectivity index is 1.53. The molecule has 0 bridgehead atoms. The molecule has 208 valence electrons. The average Bonchev–Trinajstić information content (AvgIpc) is 2.92. The van der Waals surface area contributed by atoms with Gasteiger partial charge in [-0.15, -0.1) is 0 Å². The maximum atomic E-state index is 12.7. The van der Waals surface area contributed by atoms with Crippen LogP contribution in [0, 0.1) is 0 Å². The second kappa shape index (κ2) is 19.0. The van der Waals surface area contributed by atoms with E-state index in [1.807, 2.05) is 6.07 Å². The lowest BCUT2D eigenvalue weighted by Crippen LogP contribution is -2.27. The highest BCUT2D eigenvalue weighted by Gasteiger charge is 2.14. The first kappa shape index (κ1) is 31.1. The van der Waals surface area contributed by atoms with Gasteiger partial charge in [-0.2, -0.15) is 0 Å². The number of rotatable bonds is 20. The first-order valence-electron chi connectivity index (χ1n) is 14.6. The van der Waals surface area contributed by atoms with Crippen LogP contribution in [-0.2, 0) is 9.59 Å². The predicted molar refractivity (Wildman–Crippen MR) is 157 cm³/mol. The Morgan fingerprint density at radius 2 is 1.26 bits per heavy atom. The van der Waals surface area contributed by atoms with E-state index in [-0.39, 0.29) is 30.6 Å². The van der Waals surface area contributed by atoms with Crippen molar-refractivity contribution in [2.75, 3.05) is 17.6 Å². The topological polar surface area (TPSA) is 101 Å². The van der Waals surface area contributed by atoms with Crippen LogP contribution in [0.4, 0.5) is 11.4 Å². The van der Waals surface area contributed by atoms with Crippen molar-refractivity contribution < 1.29 is 14.4 Å². The highest BCUT2D eigenvalue weighted by molar-refractivity contribution is 6.12. The molecular weight excluding hydrogens is 474 g/mol. The van der Waals surface area contributed by atoms with Gasteiger partial charge in [-0.25, -0.2) is 0 Å². The number of benzene rings is 2. The van der Waals surface area contributed by atoms with Crippen molar-refractivity contribution in [3.05, 3.63) is 59.7 Å². The monoisotopic (exact) mass is 521 g/mol. The summed E-state index contributed by atoms with van der Waals surface area (Å²) in [4.78, 5) is 37.2. The molecule has 0 unspecified atom stereocenters. The minimum absolute atomic E-state index is 0.0101. The summed E-state index contributed by atoms with van der Waals surface area (Å²) in [6.07, 6.45) is 17.3. The minimum atomic E-state index is -0.228. The normalized spacial score (nSPS) is 10.8. The van der Waals surface area contributed by atoms with Crippen molar-refractivity contribution in [3.63, 3.8) is 0 Å². The van der Waals surface area contributed by atoms with Crippen LogP contribution in [-0.4, -0.2) is 24.1 Å². The molecule has 0 spiro atoms. The first-order valence-corrected chi connectivity index (χ1v) is 14.6. The van der Waals surface area contributed by atoms with Gasteiger partial charge in [-0.3, -0.25) is 14.4 Å². The Labute approximate surface area is 229 Å². The summed E-state index contributed by atoms with van der Waals surface area (Å²) >= 11 is 0. The average molecular weight is 522 g/mol. The number of carbonyl (C=O) groups excluding carboxylic acids is 3. The SMILES string of the molecule is CCCCCCCCCCCCCCCC(=O)NCCC(=O)Nc1ccc(N)c(C(=O)c2ccccc2)c1. The van der Waals surface area contributed by atoms with E-state index in [9.17, 15) is 14.4 Å². The van der Waals surface area contributed by atoms with E-state index in [4.69, 9.17) is 5.73 Å². The summed E-state index contributed by atoms with van der Waals surface area (Å²) < 4.78 is 0. The van der Waals surface area contributed by atoms with E-state index in [0.29, 0.717) is 28.9 Å².